The number of non-ortho nitro benzene ring substituents is 1. The van der Waals surface area contributed by atoms with Gasteiger partial charge in [-0.15, -0.1) is 0 Å². The molecule has 1 aliphatic carbocycles. The lowest BCUT2D eigenvalue weighted by molar-refractivity contribution is -0.384. The molecule has 74 valence electrons. The van der Waals surface area contributed by atoms with Crippen molar-refractivity contribution in [3.63, 3.8) is 0 Å². The van der Waals surface area contributed by atoms with Gasteiger partial charge in [0.1, 0.15) is 0 Å². The standard InChI is InChI=1S/C9H7ClFNO2/c10-9(11)5-8(9)6-1-3-7(4-2-6)12(13)14/h1-4,8H,5H2/t8-,9+/m1/s1. The number of benzene rings is 1. The summed E-state index contributed by atoms with van der Waals surface area (Å²) >= 11 is 5.44. The predicted octanol–water partition coefficient (Wildman–Crippen LogP) is 2.99. The fourth-order valence-electron chi connectivity index (χ4n) is 1.40. The van der Waals surface area contributed by atoms with Crippen LogP contribution in [-0.4, -0.2) is 10.1 Å². The Balaban J connectivity index is 2.20. The molecule has 5 heteroatoms. The van der Waals surface area contributed by atoms with Crippen molar-refractivity contribution in [1.29, 1.82) is 0 Å². The Morgan fingerprint density at radius 2 is 2.00 bits per heavy atom. The van der Waals surface area contributed by atoms with Crippen molar-refractivity contribution in [2.24, 2.45) is 0 Å². The van der Waals surface area contributed by atoms with Crippen molar-refractivity contribution in [3.05, 3.63) is 39.9 Å². The summed E-state index contributed by atoms with van der Waals surface area (Å²) in [7, 11) is 0. The second-order valence-electron chi connectivity index (χ2n) is 3.37. The largest absolute Gasteiger partial charge is 0.269 e. The van der Waals surface area contributed by atoms with Crippen molar-refractivity contribution in [3.8, 4) is 0 Å². The molecular weight excluding hydrogens is 209 g/mol. The maximum atomic E-state index is 13.0. The third kappa shape index (κ3) is 1.57. The molecule has 1 aromatic carbocycles. The van der Waals surface area contributed by atoms with Crippen molar-refractivity contribution >= 4 is 17.3 Å². The SMILES string of the molecule is O=[N+]([O-])c1ccc([C@H]2C[C@@]2(F)Cl)cc1. The van der Waals surface area contributed by atoms with Crippen LogP contribution in [0.1, 0.15) is 17.9 Å². The van der Waals surface area contributed by atoms with Crippen molar-refractivity contribution in [2.45, 2.75) is 17.5 Å². The van der Waals surface area contributed by atoms with E-state index >= 15 is 0 Å². The number of nitro benzene ring substituents is 1. The van der Waals surface area contributed by atoms with Gasteiger partial charge in [-0.25, -0.2) is 4.39 Å². The van der Waals surface area contributed by atoms with Crippen LogP contribution in [0.15, 0.2) is 24.3 Å². The highest BCUT2D eigenvalue weighted by atomic mass is 35.5. The summed E-state index contributed by atoms with van der Waals surface area (Å²) in [6.45, 7) is 0. The van der Waals surface area contributed by atoms with Gasteiger partial charge in [-0.3, -0.25) is 10.1 Å². The molecule has 1 aliphatic rings. The highest BCUT2D eigenvalue weighted by Gasteiger charge is 2.54. The van der Waals surface area contributed by atoms with Crippen LogP contribution >= 0.6 is 11.6 Å². The van der Waals surface area contributed by atoms with Gasteiger partial charge in [0.2, 0.25) is 0 Å². The Kier molecular flexibility index (Phi) is 1.96. The molecule has 0 spiro atoms. The third-order valence-electron chi connectivity index (χ3n) is 2.33. The Morgan fingerprint density at radius 3 is 2.36 bits per heavy atom. The first-order valence-electron chi connectivity index (χ1n) is 4.13. The lowest BCUT2D eigenvalue weighted by Crippen LogP contribution is -1.92. The highest BCUT2D eigenvalue weighted by Crippen LogP contribution is 2.57. The first-order valence-corrected chi connectivity index (χ1v) is 4.51. The van der Waals surface area contributed by atoms with E-state index in [9.17, 15) is 14.5 Å². The number of alkyl halides is 2. The molecule has 1 aromatic rings. The quantitative estimate of drug-likeness (QED) is 0.432. The summed E-state index contributed by atoms with van der Waals surface area (Å²) < 4.78 is 13.0. The smallest absolute Gasteiger partial charge is 0.258 e. The van der Waals surface area contributed by atoms with E-state index in [0.717, 1.165) is 0 Å². The van der Waals surface area contributed by atoms with E-state index in [1.165, 1.54) is 12.1 Å². The molecule has 0 unspecified atom stereocenters. The lowest BCUT2D eigenvalue weighted by atomic mass is 10.1. The van der Waals surface area contributed by atoms with Crippen LogP contribution in [0, 0.1) is 10.1 Å². The van der Waals surface area contributed by atoms with Gasteiger partial charge in [0.25, 0.3) is 5.69 Å². The molecule has 0 amide bonds. The summed E-state index contributed by atoms with van der Waals surface area (Å²) in [5.74, 6) is -0.315. The minimum absolute atomic E-state index is 0.00781. The lowest BCUT2D eigenvalue weighted by Gasteiger charge is -1.98. The van der Waals surface area contributed by atoms with Gasteiger partial charge in [-0.1, -0.05) is 23.7 Å². The predicted molar refractivity (Wildman–Crippen MR) is 50.1 cm³/mol. The Morgan fingerprint density at radius 1 is 1.50 bits per heavy atom. The first-order chi connectivity index (χ1) is 6.50. The zero-order valence-electron chi connectivity index (χ0n) is 7.11. The summed E-state index contributed by atoms with van der Waals surface area (Å²) in [6, 6.07) is 5.82. The summed E-state index contributed by atoms with van der Waals surface area (Å²) in [4.78, 5) is 9.84. The van der Waals surface area contributed by atoms with Crippen LogP contribution in [0.5, 0.6) is 0 Å². The molecule has 0 radical (unpaired) electrons. The fourth-order valence-corrected chi connectivity index (χ4v) is 1.68. The number of hydrogen-bond acceptors (Lipinski definition) is 2. The molecule has 0 heterocycles. The van der Waals surface area contributed by atoms with Crippen LogP contribution < -0.4 is 0 Å². The molecule has 0 aromatic heterocycles. The molecule has 0 aliphatic heterocycles. The van der Waals surface area contributed by atoms with E-state index < -0.39 is 10.1 Å². The molecule has 1 saturated carbocycles. The monoisotopic (exact) mass is 215 g/mol. The van der Waals surface area contributed by atoms with Gasteiger partial charge in [0.05, 0.1) is 4.92 Å². The zero-order chi connectivity index (χ0) is 10.3. The Bertz CT molecular complexity index is 377. The topological polar surface area (TPSA) is 43.1 Å². The fraction of sp³-hybridized carbons (Fsp3) is 0.333. The van der Waals surface area contributed by atoms with Crippen LogP contribution in [0.2, 0.25) is 0 Å². The van der Waals surface area contributed by atoms with E-state index in [4.69, 9.17) is 11.6 Å². The second kappa shape index (κ2) is 2.92. The normalized spacial score (nSPS) is 30.0. The number of hydrogen-bond donors (Lipinski definition) is 0. The van der Waals surface area contributed by atoms with Crippen LogP contribution in [0.4, 0.5) is 10.1 Å². The second-order valence-corrected chi connectivity index (χ2v) is 3.99. The molecule has 14 heavy (non-hydrogen) atoms. The van der Waals surface area contributed by atoms with Crippen LogP contribution in [0.3, 0.4) is 0 Å². The number of halogens is 2. The Labute approximate surface area is 84.6 Å². The number of nitrogens with zero attached hydrogens (tertiary/aromatic N) is 1. The number of rotatable bonds is 2. The number of nitro groups is 1. The maximum Gasteiger partial charge on any atom is 0.269 e. The van der Waals surface area contributed by atoms with Crippen LogP contribution in [0.25, 0.3) is 0 Å². The zero-order valence-corrected chi connectivity index (χ0v) is 7.87. The summed E-state index contributed by atoms with van der Waals surface area (Å²) in [5.41, 5.74) is 0.724. The molecule has 1 fully saturated rings. The van der Waals surface area contributed by atoms with E-state index in [0.29, 0.717) is 5.56 Å². The van der Waals surface area contributed by atoms with E-state index in [2.05, 4.69) is 0 Å². The van der Waals surface area contributed by atoms with Gasteiger partial charge < -0.3 is 0 Å². The average molecular weight is 216 g/mol. The molecule has 0 saturated heterocycles. The molecule has 0 N–H and O–H groups in total. The van der Waals surface area contributed by atoms with Gasteiger partial charge in [0.15, 0.2) is 5.13 Å². The van der Waals surface area contributed by atoms with E-state index in [1.807, 2.05) is 0 Å². The third-order valence-corrected chi connectivity index (χ3v) is 2.75. The average Bonchev–Trinajstić information content (AvgIpc) is 2.75. The van der Waals surface area contributed by atoms with Gasteiger partial charge >= 0.3 is 0 Å². The molecular formula is C9H7ClFNO2. The minimum atomic E-state index is -1.64. The van der Waals surface area contributed by atoms with Gasteiger partial charge in [-0.05, 0) is 5.56 Å². The molecule has 3 nitrogen and oxygen atoms in total. The molecule has 2 atom stereocenters. The minimum Gasteiger partial charge on any atom is -0.258 e. The van der Waals surface area contributed by atoms with E-state index in [-0.39, 0.29) is 18.0 Å². The van der Waals surface area contributed by atoms with E-state index in [1.54, 1.807) is 12.1 Å². The van der Waals surface area contributed by atoms with Gasteiger partial charge in [-0.2, -0.15) is 0 Å². The van der Waals surface area contributed by atoms with Crippen molar-refractivity contribution in [1.82, 2.24) is 0 Å². The van der Waals surface area contributed by atoms with Crippen molar-refractivity contribution < 1.29 is 9.31 Å². The summed E-state index contributed by atoms with van der Waals surface area (Å²) in [5, 5.41) is 8.69. The van der Waals surface area contributed by atoms with Crippen molar-refractivity contribution in [2.75, 3.05) is 0 Å². The van der Waals surface area contributed by atoms with Crippen LogP contribution in [-0.2, 0) is 0 Å². The molecule has 0 bridgehead atoms. The highest BCUT2D eigenvalue weighted by molar-refractivity contribution is 6.25. The molecule has 2 rings (SSSR count). The first kappa shape index (κ1) is 9.40. The Hall–Kier alpha value is -1.16. The van der Waals surface area contributed by atoms with Gasteiger partial charge in [0, 0.05) is 24.5 Å². The maximum absolute atomic E-state index is 13.0. The summed E-state index contributed by atoms with van der Waals surface area (Å²) in [6.07, 6.45) is 0.284.